The largest absolute Gasteiger partial charge is 0.271 e. The van der Waals surface area contributed by atoms with Crippen molar-refractivity contribution in [3.8, 4) is 0 Å². The summed E-state index contributed by atoms with van der Waals surface area (Å²) in [7, 11) is 0. The third-order valence-corrected chi connectivity index (χ3v) is 4.26. The summed E-state index contributed by atoms with van der Waals surface area (Å²) >= 11 is 0. The molecule has 1 aliphatic rings. The summed E-state index contributed by atoms with van der Waals surface area (Å²) in [6.07, 6.45) is 5.05. The Morgan fingerprint density at radius 2 is 1.89 bits per heavy atom. The van der Waals surface area contributed by atoms with Crippen LogP contribution in [0.2, 0.25) is 0 Å². The molecule has 1 saturated carbocycles. The lowest BCUT2D eigenvalue weighted by atomic mass is 9.91. The van der Waals surface area contributed by atoms with Gasteiger partial charge < -0.3 is 0 Å². The van der Waals surface area contributed by atoms with Crippen LogP contribution in [0.1, 0.15) is 42.9 Å². The number of nitrogens with two attached hydrogens (primary N) is 1. The maximum atomic E-state index is 5.77. The average Bonchev–Trinajstić information content (AvgIpc) is 2.71. The van der Waals surface area contributed by atoms with Crippen molar-refractivity contribution in [1.29, 1.82) is 0 Å². The van der Waals surface area contributed by atoms with E-state index in [-0.39, 0.29) is 0 Å². The summed E-state index contributed by atoms with van der Waals surface area (Å²) in [4.78, 5) is 0. The van der Waals surface area contributed by atoms with Crippen molar-refractivity contribution in [2.75, 3.05) is 0 Å². The van der Waals surface area contributed by atoms with Gasteiger partial charge in [-0.15, -0.1) is 0 Å². The topological polar surface area (TPSA) is 38.0 Å². The number of hydrogen-bond donors (Lipinski definition) is 2. The minimum atomic E-state index is 0.427. The molecule has 3 N–H and O–H groups in total. The van der Waals surface area contributed by atoms with Gasteiger partial charge in [-0.25, -0.2) is 0 Å². The predicted octanol–water partition coefficient (Wildman–Crippen LogP) is 3.11. The van der Waals surface area contributed by atoms with Crippen LogP contribution >= 0.6 is 0 Å². The highest BCUT2D eigenvalue weighted by atomic mass is 15.2. The van der Waals surface area contributed by atoms with E-state index >= 15 is 0 Å². The first-order valence-corrected chi connectivity index (χ1v) is 7.11. The quantitative estimate of drug-likeness (QED) is 0.633. The maximum absolute atomic E-state index is 5.77. The molecule has 0 amide bonds. The molecule has 0 aliphatic heterocycles. The molecule has 1 aromatic carbocycles. The average molecular weight is 246 g/mol. The van der Waals surface area contributed by atoms with Gasteiger partial charge in [0.15, 0.2) is 0 Å². The van der Waals surface area contributed by atoms with Crippen molar-refractivity contribution >= 4 is 0 Å². The van der Waals surface area contributed by atoms with Gasteiger partial charge >= 0.3 is 0 Å². The molecule has 2 nitrogen and oxygen atoms in total. The highest BCUT2D eigenvalue weighted by molar-refractivity contribution is 5.29. The van der Waals surface area contributed by atoms with Crippen molar-refractivity contribution in [3.05, 3.63) is 34.9 Å². The summed E-state index contributed by atoms with van der Waals surface area (Å²) in [5, 5.41) is 0. The standard InChI is InChI=1S/C16H26N2/c1-11-4-5-15(9-11)16(18-17)10-14-7-12(2)6-13(3)8-14/h6-8,11,15-16,18H,4-5,9-10,17H2,1-3H3. The Morgan fingerprint density at radius 1 is 1.22 bits per heavy atom. The normalized spacial score (nSPS) is 25.3. The third-order valence-electron chi connectivity index (χ3n) is 4.26. The van der Waals surface area contributed by atoms with E-state index in [1.54, 1.807) is 0 Å². The molecule has 3 unspecified atom stereocenters. The zero-order valence-electron chi connectivity index (χ0n) is 11.9. The Labute approximate surface area is 111 Å². The first-order valence-electron chi connectivity index (χ1n) is 7.11. The summed E-state index contributed by atoms with van der Waals surface area (Å²) in [5.41, 5.74) is 7.16. The molecule has 1 aliphatic carbocycles. The minimum Gasteiger partial charge on any atom is -0.271 e. The monoisotopic (exact) mass is 246 g/mol. The van der Waals surface area contributed by atoms with E-state index in [0.717, 1.165) is 18.3 Å². The zero-order chi connectivity index (χ0) is 13.1. The number of benzene rings is 1. The Morgan fingerprint density at radius 3 is 2.39 bits per heavy atom. The highest BCUT2D eigenvalue weighted by Crippen LogP contribution is 2.33. The van der Waals surface area contributed by atoms with Crippen LogP contribution in [0.25, 0.3) is 0 Å². The predicted molar refractivity (Wildman–Crippen MR) is 77.2 cm³/mol. The molecule has 100 valence electrons. The van der Waals surface area contributed by atoms with Gasteiger partial charge in [0.25, 0.3) is 0 Å². The van der Waals surface area contributed by atoms with E-state index in [1.165, 1.54) is 36.0 Å². The summed E-state index contributed by atoms with van der Waals surface area (Å²) in [5.74, 6) is 7.38. The van der Waals surface area contributed by atoms with E-state index in [2.05, 4.69) is 44.4 Å². The Hall–Kier alpha value is -0.860. The van der Waals surface area contributed by atoms with E-state index in [4.69, 9.17) is 5.84 Å². The van der Waals surface area contributed by atoms with Crippen molar-refractivity contribution in [1.82, 2.24) is 5.43 Å². The fourth-order valence-corrected chi connectivity index (χ4v) is 3.42. The van der Waals surface area contributed by atoms with Gasteiger partial charge in [-0.05, 0) is 50.5 Å². The first-order chi connectivity index (χ1) is 8.58. The van der Waals surface area contributed by atoms with Crippen LogP contribution in [0.5, 0.6) is 0 Å². The molecule has 2 heteroatoms. The molecule has 0 radical (unpaired) electrons. The van der Waals surface area contributed by atoms with E-state index < -0.39 is 0 Å². The van der Waals surface area contributed by atoms with Gasteiger partial charge in [0, 0.05) is 6.04 Å². The second-order valence-electron chi connectivity index (χ2n) is 6.15. The molecule has 3 atom stereocenters. The number of hydrazine groups is 1. The molecule has 0 heterocycles. The summed E-state index contributed by atoms with van der Waals surface area (Å²) < 4.78 is 0. The summed E-state index contributed by atoms with van der Waals surface area (Å²) in [6, 6.07) is 7.23. The number of nitrogens with one attached hydrogen (secondary N) is 1. The number of rotatable bonds is 4. The SMILES string of the molecule is Cc1cc(C)cc(CC(NN)C2CCC(C)C2)c1. The van der Waals surface area contributed by atoms with Crippen LogP contribution in [0.4, 0.5) is 0 Å². The van der Waals surface area contributed by atoms with Crippen molar-refractivity contribution in [2.24, 2.45) is 17.7 Å². The lowest BCUT2D eigenvalue weighted by Gasteiger charge is -2.23. The summed E-state index contributed by atoms with van der Waals surface area (Å²) in [6.45, 7) is 6.68. The molecule has 0 spiro atoms. The van der Waals surface area contributed by atoms with Crippen LogP contribution in [-0.2, 0) is 6.42 Å². The molecule has 1 fully saturated rings. The third kappa shape index (κ3) is 3.33. The minimum absolute atomic E-state index is 0.427. The molecular formula is C16H26N2. The van der Waals surface area contributed by atoms with E-state index in [9.17, 15) is 0 Å². The van der Waals surface area contributed by atoms with Gasteiger partial charge in [-0.1, -0.05) is 42.7 Å². The fourth-order valence-electron chi connectivity index (χ4n) is 3.42. The van der Waals surface area contributed by atoms with Crippen LogP contribution in [-0.4, -0.2) is 6.04 Å². The van der Waals surface area contributed by atoms with Gasteiger partial charge in [0.1, 0.15) is 0 Å². The van der Waals surface area contributed by atoms with E-state index in [0.29, 0.717) is 6.04 Å². The highest BCUT2D eigenvalue weighted by Gasteiger charge is 2.28. The first kappa shape index (κ1) is 13.6. The molecule has 0 saturated heterocycles. The Balaban J connectivity index is 2.05. The van der Waals surface area contributed by atoms with Gasteiger partial charge in [0.05, 0.1) is 0 Å². The molecular weight excluding hydrogens is 220 g/mol. The Kier molecular flexibility index (Phi) is 4.41. The van der Waals surface area contributed by atoms with Gasteiger partial charge in [0.2, 0.25) is 0 Å². The van der Waals surface area contributed by atoms with E-state index in [1.807, 2.05) is 0 Å². The smallest absolute Gasteiger partial charge is 0.0279 e. The van der Waals surface area contributed by atoms with Crippen LogP contribution in [0.3, 0.4) is 0 Å². The van der Waals surface area contributed by atoms with Gasteiger partial charge in [-0.2, -0.15) is 0 Å². The van der Waals surface area contributed by atoms with Gasteiger partial charge in [-0.3, -0.25) is 11.3 Å². The van der Waals surface area contributed by atoms with Crippen molar-refractivity contribution in [2.45, 2.75) is 52.5 Å². The lowest BCUT2D eigenvalue weighted by Crippen LogP contribution is -2.41. The fraction of sp³-hybridized carbons (Fsp3) is 0.625. The van der Waals surface area contributed by atoms with Crippen LogP contribution < -0.4 is 11.3 Å². The number of hydrogen-bond acceptors (Lipinski definition) is 2. The molecule has 2 rings (SSSR count). The van der Waals surface area contributed by atoms with Crippen molar-refractivity contribution in [3.63, 3.8) is 0 Å². The maximum Gasteiger partial charge on any atom is 0.0279 e. The molecule has 0 aromatic heterocycles. The molecule has 1 aromatic rings. The number of aryl methyl sites for hydroxylation is 2. The van der Waals surface area contributed by atoms with Crippen LogP contribution in [0, 0.1) is 25.7 Å². The lowest BCUT2D eigenvalue weighted by molar-refractivity contribution is 0.352. The van der Waals surface area contributed by atoms with Crippen LogP contribution in [0.15, 0.2) is 18.2 Å². The Bertz CT molecular complexity index is 380. The molecule has 0 bridgehead atoms. The molecule has 18 heavy (non-hydrogen) atoms. The second-order valence-corrected chi connectivity index (χ2v) is 6.15. The van der Waals surface area contributed by atoms with Crippen molar-refractivity contribution < 1.29 is 0 Å². The second kappa shape index (κ2) is 5.85. The zero-order valence-corrected chi connectivity index (χ0v) is 11.9.